The molecule has 152 valence electrons. The van der Waals surface area contributed by atoms with Crippen LogP contribution < -0.4 is 10.0 Å². The van der Waals surface area contributed by atoms with Gasteiger partial charge in [0.05, 0.1) is 11.5 Å². The Morgan fingerprint density at radius 3 is 2.66 bits per heavy atom. The van der Waals surface area contributed by atoms with Gasteiger partial charge in [0.25, 0.3) is 5.91 Å². The molecule has 0 saturated heterocycles. The lowest BCUT2D eigenvalue weighted by atomic mass is 10.2. The van der Waals surface area contributed by atoms with Crippen molar-refractivity contribution in [2.24, 2.45) is 0 Å². The number of sulfonamides is 1. The highest BCUT2D eigenvalue weighted by molar-refractivity contribution is 7.89. The Bertz CT molecular complexity index is 1070. The average molecular weight is 416 g/mol. The van der Waals surface area contributed by atoms with Gasteiger partial charge in [-0.25, -0.2) is 13.1 Å². The summed E-state index contributed by atoms with van der Waals surface area (Å²) in [4.78, 5) is 16.4. The van der Waals surface area contributed by atoms with E-state index >= 15 is 0 Å². The van der Waals surface area contributed by atoms with Gasteiger partial charge in [0.1, 0.15) is 0 Å². The van der Waals surface area contributed by atoms with Crippen LogP contribution >= 0.6 is 0 Å². The fraction of sp³-hybridized carbons (Fsp3) is 0.211. The molecule has 1 amide bonds. The van der Waals surface area contributed by atoms with Crippen molar-refractivity contribution in [2.45, 2.75) is 17.9 Å². The number of carbonyl (C=O) groups excluding carboxylic acids is 1. The standard InChI is InChI=1S/C19H20N4O5S/c1-13(12-27-2)23-29(25,26)16-7-5-15(6-8-16)21-19(24)17-10-18(28-22-17)14-4-3-9-20-11-14/h3-11,13,23H,12H2,1-2H3,(H,21,24). The first-order valence-electron chi connectivity index (χ1n) is 8.69. The molecular formula is C19H20N4O5S. The van der Waals surface area contributed by atoms with Crippen LogP contribution in [0.4, 0.5) is 5.69 Å². The Morgan fingerprint density at radius 1 is 1.24 bits per heavy atom. The van der Waals surface area contributed by atoms with E-state index in [0.29, 0.717) is 17.0 Å². The van der Waals surface area contributed by atoms with Crippen LogP contribution in [-0.4, -0.2) is 44.2 Å². The molecule has 10 heteroatoms. The Kier molecular flexibility index (Phi) is 6.37. The SMILES string of the molecule is COCC(C)NS(=O)(=O)c1ccc(NC(=O)c2cc(-c3cccnc3)on2)cc1. The lowest BCUT2D eigenvalue weighted by Crippen LogP contribution is -2.35. The second-order valence-electron chi connectivity index (χ2n) is 6.27. The van der Waals surface area contributed by atoms with Crippen LogP contribution in [0, 0.1) is 0 Å². The van der Waals surface area contributed by atoms with E-state index in [4.69, 9.17) is 9.26 Å². The molecule has 2 aromatic heterocycles. The molecular weight excluding hydrogens is 396 g/mol. The van der Waals surface area contributed by atoms with Gasteiger partial charge in [-0.05, 0) is 43.3 Å². The van der Waals surface area contributed by atoms with Crippen molar-refractivity contribution in [3.05, 3.63) is 60.6 Å². The quantitative estimate of drug-likeness (QED) is 0.577. The normalized spacial score (nSPS) is 12.5. The number of aromatic nitrogens is 2. The monoisotopic (exact) mass is 416 g/mol. The van der Waals surface area contributed by atoms with Crippen LogP contribution in [0.15, 0.2) is 64.3 Å². The molecule has 0 saturated carbocycles. The Labute approximate surface area is 168 Å². The second kappa shape index (κ2) is 8.95. The van der Waals surface area contributed by atoms with Gasteiger partial charge < -0.3 is 14.6 Å². The number of carbonyl (C=O) groups is 1. The van der Waals surface area contributed by atoms with E-state index in [9.17, 15) is 13.2 Å². The minimum absolute atomic E-state index is 0.0822. The first-order valence-corrected chi connectivity index (χ1v) is 10.2. The highest BCUT2D eigenvalue weighted by Gasteiger charge is 2.18. The molecule has 3 rings (SSSR count). The second-order valence-corrected chi connectivity index (χ2v) is 7.99. The van der Waals surface area contributed by atoms with Crippen LogP contribution in [0.5, 0.6) is 0 Å². The predicted octanol–water partition coefficient (Wildman–Crippen LogP) is 2.30. The topological polar surface area (TPSA) is 123 Å². The summed E-state index contributed by atoms with van der Waals surface area (Å²) in [6.45, 7) is 1.96. The molecule has 0 fully saturated rings. The number of hydrogen-bond donors (Lipinski definition) is 2. The fourth-order valence-electron chi connectivity index (χ4n) is 2.56. The molecule has 2 heterocycles. The van der Waals surface area contributed by atoms with Crippen molar-refractivity contribution in [1.29, 1.82) is 0 Å². The fourth-order valence-corrected chi connectivity index (χ4v) is 3.78. The number of rotatable bonds is 8. The van der Waals surface area contributed by atoms with Gasteiger partial charge in [-0.15, -0.1) is 0 Å². The molecule has 0 radical (unpaired) electrons. The van der Waals surface area contributed by atoms with Crippen molar-refractivity contribution in [3.63, 3.8) is 0 Å². The molecule has 3 aromatic rings. The van der Waals surface area contributed by atoms with E-state index in [1.165, 1.54) is 37.4 Å². The number of amides is 1. The first-order chi connectivity index (χ1) is 13.9. The number of nitrogens with one attached hydrogen (secondary N) is 2. The summed E-state index contributed by atoms with van der Waals surface area (Å²) in [5.74, 6) is -0.0627. The molecule has 1 atom stereocenters. The molecule has 0 bridgehead atoms. The third kappa shape index (κ3) is 5.25. The van der Waals surface area contributed by atoms with Crippen LogP contribution in [0.1, 0.15) is 17.4 Å². The summed E-state index contributed by atoms with van der Waals surface area (Å²) in [5, 5.41) is 6.41. The number of nitrogens with zero attached hydrogens (tertiary/aromatic N) is 2. The van der Waals surface area contributed by atoms with Crippen LogP contribution in [-0.2, 0) is 14.8 Å². The molecule has 0 aliphatic carbocycles. The largest absolute Gasteiger partial charge is 0.383 e. The van der Waals surface area contributed by atoms with Crippen molar-refractivity contribution >= 4 is 21.6 Å². The predicted molar refractivity (Wildman–Crippen MR) is 106 cm³/mol. The maximum Gasteiger partial charge on any atom is 0.277 e. The number of anilines is 1. The summed E-state index contributed by atoms with van der Waals surface area (Å²) < 4.78 is 37.3. The molecule has 2 N–H and O–H groups in total. The van der Waals surface area contributed by atoms with Gasteiger partial charge in [-0.2, -0.15) is 0 Å². The summed E-state index contributed by atoms with van der Waals surface area (Å²) in [5.41, 5.74) is 1.21. The molecule has 29 heavy (non-hydrogen) atoms. The summed E-state index contributed by atoms with van der Waals surface area (Å²) in [6, 6.07) is 10.5. The van der Waals surface area contributed by atoms with E-state index < -0.39 is 15.9 Å². The van der Waals surface area contributed by atoms with E-state index in [1.807, 2.05) is 0 Å². The summed E-state index contributed by atoms with van der Waals surface area (Å²) in [6.07, 6.45) is 3.23. The Hall–Kier alpha value is -3.08. The number of methoxy groups -OCH3 is 1. The number of ether oxygens (including phenoxy) is 1. The smallest absolute Gasteiger partial charge is 0.277 e. The molecule has 0 spiro atoms. The van der Waals surface area contributed by atoms with Gasteiger partial charge in [0, 0.05) is 42.9 Å². The Morgan fingerprint density at radius 2 is 2.00 bits per heavy atom. The van der Waals surface area contributed by atoms with Crippen molar-refractivity contribution in [2.75, 3.05) is 19.0 Å². The lowest BCUT2D eigenvalue weighted by Gasteiger charge is -2.13. The number of benzene rings is 1. The van der Waals surface area contributed by atoms with E-state index in [0.717, 1.165) is 0 Å². The van der Waals surface area contributed by atoms with E-state index in [-0.39, 0.29) is 23.2 Å². The minimum Gasteiger partial charge on any atom is -0.383 e. The minimum atomic E-state index is -3.68. The van der Waals surface area contributed by atoms with Gasteiger partial charge in [-0.1, -0.05) is 5.16 Å². The van der Waals surface area contributed by atoms with Crippen molar-refractivity contribution < 1.29 is 22.5 Å². The average Bonchev–Trinajstić information content (AvgIpc) is 3.19. The van der Waals surface area contributed by atoms with Crippen LogP contribution in [0.3, 0.4) is 0 Å². The maximum atomic E-state index is 12.4. The Balaban J connectivity index is 1.67. The van der Waals surface area contributed by atoms with Gasteiger partial charge in [-0.3, -0.25) is 9.78 Å². The highest BCUT2D eigenvalue weighted by atomic mass is 32.2. The number of pyridine rings is 1. The van der Waals surface area contributed by atoms with Gasteiger partial charge in [0.15, 0.2) is 11.5 Å². The zero-order chi connectivity index (χ0) is 20.9. The molecule has 1 aromatic carbocycles. The summed E-state index contributed by atoms with van der Waals surface area (Å²) >= 11 is 0. The van der Waals surface area contributed by atoms with Crippen LogP contribution in [0.2, 0.25) is 0 Å². The van der Waals surface area contributed by atoms with Gasteiger partial charge in [0.2, 0.25) is 10.0 Å². The van der Waals surface area contributed by atoms with Crippen LogP contribution in [0.25, 0.3) is 11.3 Å². The first kappa shape index (κ1) is 20.6. The highest BCUT2D eigenvalue weighted by Crippen LogP contribution is 2.20. The van der Waals surface area contributed by atoms with Crippen molar-refractivity contribution in [3.8, 4) is 11.3 Å². The molecule has 9 nitrogen and oxygen atoms in total. The molecule has 0 aliphatic rings. The van der Waals surface area contributed by atoms with E-state index in [2.05, 4.69) is 20.2 Å². The van der Waals surface area contributed by atoms with Crippen molar-refractivity contribution in [1.82, 2.24) is 14.9 Å². The zero-order valence-electron chi connectivity index (χ0n) is 15.8. The van der Waals surface area contributed by atoms with E-state index in [1.54, 1.807) is 31.5 Å². The lowest BCUT2D eigenvalue weighted by molar-refractivity contribution is 0.101. The summed E-state index contributed by atoms with van der Waals surface area (Å²) in [7, 11) is -2.19. The number of hydrogen-bond acceptors (Lipinski definition) is 7. The van der Waals surface area contributed by atoms with Gasteiger partial charge >= 0.3 is 0 Å². The molecule has 0 aliphatic heterocycles. The maximum absolute atomic E-state index is 12.4. The molecule has 1 unspecified atom stereocenters. The third-order valence-electron chi connectivity index (χ3n) is 3.88. The zero-order valence-corrected chi connectivity index (χ0v) is 16.6. The third-order valence-corrected chi connectivity index (χ3v) is 5.49.